The molecule has 0 saturated heterocycles. The van der Waals surface area contributed by atoms with Crippen LogP contribution in [0.2, 0.25) is 5.15 Å². The molecule has 3 aromatic rings. The molecule has 2 aromatic carbocycles. The van der Waals surface area contributed by atoms with Crippen molar-refractivity contribution in [3.63, 3.8) is 0 Å². The van der Waals surface area contributed by atoms with Gasteiger partial charge in [0.1, 0.15) is 11.0 Å². The van der Waals surface area contributed by atoms with Gasteiger partial charge in [-0.3, -0.25) is 4.79 Å². The number of aromatic nitrogens is 1. The van der Waals surface area contributed by atoms with Crippen molar-refractivity contribution in [2.75, 3.05) is 10.6 Å². The van der Waals surface area contributed by atoms with E-state index in [2.05, 4.69) is 15.6 Å². The van der Waals surface area contributed by atoms with E-state index in [-0.39, 0.29) is 11.7 Å². The number of carbonyl (C=O) groups excluding carboxylic acids is 1. The highest BCUT2D eigenvalue weighted by atomic mass is 35.5. The lowest BCUT2D eigenvalue weighted by Gasteiger charge is -2.09. The van der Waals surface area contributed by atoms with Gasteiger partial charge in [-0.2, -0.15) is 0 Å². The van der Waals surface area contributed by atoms with Crippen LogP contribution in [0.5, 0.6) is 0 Å². The number of halogens is 2. The van der Waals surface area contributed by atoms with Crippen molar-refractivity contribution in [2.45, 2.75) is 6.54 Å². The van der Waals surface area contributed by atoms with E-state index in [4.69, 9.17) is 11.6 Å². The number of anilines is 2. The number of benzene rings is 2. The third-order valence-corrected chi connectivity index (χ3v) is 3.72. The molecular weight excluding hydrogens is 341 g/mol. The summed E-state index contributed by atoms with van der Waals surface area (Å²) >= 11 is 5.86. The standard InChI is InChI=1S/C19H15ClFN3O/c20-18-11-16(8-9-22-18)23-12-13-2-1-3-17(10-13)24-19(25)14-4-6-15(21)7-5-14/h1-11H,12H2,(H,22,23)(H,24,25). The van der Waals surface area contributed by atoms with Crippen LogP contribution in [0.3, 0.4) is 0 Å². The van der Waals surface area contributed by atoms with Gasteiger partial charge in [-0.25, -0.2) is 9.37 Å². The van der Waals surface area contributed by atoms with Crippen LogP contribution in [0.4, 0.5) is 15.8 Å². The third-order valence-electron chi connectivity index (χ3n) is 3.51. The van der Waals surface area contributed by atoms with Crippen LogP contribution in [0.1, 0.15) is 15.9 Å². The summed E-state index contributed by atoms with van der Waals surface area (Å²) in [6, 6.07) is 16.5. The predicted molar refractivity (Wildman–Crippen MR) is 97.4 cm³/mol. The average molecular weight is 356 g/mol. The molecule has 2 N–H and O–H groups in total. The molecule has 0 aliphatic rings. The quantitative estimate of drug-likeness (QED) is 0.650. The normalized spacial score (nSPS) is 10.3. The lowest BCUT2D eigenvalue weighted by molar-refractivity contribution is 0.102. The summed E-state index contributed by atoms with van der Waals surface area (Å²) in [5.41, 5.74) is 2.92. The number of carbonyl (C=O) groups is 1. The van der Waals surface area contributed by atoms with Crippen LogP contribution in [0, 0.1) is 5.82 Å². The molecule has 126 valence electrons. The van der Waals surface area contributed by atoms with E-state index in [1.807, 2.05) is 24.3 Å². The largest absolute Gasteiger partial charge is 0.381 e. The molecule has 6 heteroatoms. The Kier molecular flexibility index (Phi) is 5.26. The van der Waals surface area contributed by atoms with Crippen LogP contribution in [-0.2, 0) is 6.54 Å². The van der Waals surface area contributed by atoms with Gasteiger partial charge in [0.25, 0.3) is 5.91 Å². The Morgan fingerprint density at radius 1 is 1.04 bits per heavy atom. The minimum atomic E-state index is -0.374. The Morgan fingerprint density at radius 2 is 1.84 bits per heavy atom. The predicted octanol–water partition coefficient (Wildman–Crippen LogP) is 4.74. The first-order valence-electron chi connectivity index (χ1n) is 7.61. The second-order valence-corrected chi connectivity index (χ2v) is 5.77. The van der Waals surface area contributed by atoms with Gasteiger partial charge in [-0.15, -0.1) is 0 Å². The highest BCUT2D eigenvalue weighted by Crippen LogP contribution is 2.16. The fraction of sp³-hybridized carbons (Fsp3) is 0.0526. The van der Waals surface area contributed by atoms with Gasteiger partial charge >= 0.3 is 0 Å². The summed E-state index contributed by atoms with van der Waals surface area (Å²) in [6.45, 7) is 0.570. The Bertz CT molecular complexity index is 884. The maximum absolute atomic E-state index is 12.9. The van der Waals surface area contributed by atoms with Crippen LogP contribution in [-0.4, -0.2) is 10.9 Å². The first-order chi connectivity index (χ1) is 12.1. The van der Waals surface area contributed by atoms with Gasteiger partial charge < -0.3 is 10.6 Å². The zero-order chi connectivity index (χ0) is 17.6. The van der Waals surface area contributed by atoms with Crippen LogP contribution >= 0.6 is 11.6 Å². The summed E-state index contributed by atoms with van der Waals surface area (Å²) in [4.78, 5) is 16.1. The van der Waals surface area contributed by atoms with Crippen molar-refractivity contribution in [1.82, 2.24) is 4.98 Å². The van der Waals surface area contributed by atoms with Crippen molar-refractivity contribution >= 4 is 28.9 Å². The van der Waals surface area contributed by atoms with Crippen molar-refractivity contribution in [2.24, 2.45) is 0 Å². The number of hydrogen-bond acceptors (Lipinski definition) is 3. The molecule has 1 aromatic heterocycles. The molecule has 25 heavy (non-hydrogen) atoms. The molecule has 0 radical (unpaired) electrons. The van der Waals surface area contributed by atoms with E-state index < -0.39 is 0 Å². The zero-order valence-corrected chi connectivity index (χ0v) is 13.9. The molecule has 0 saturated carbocycles. The number of amides is 1. The molecule has 0 atom stereocenters. The molecule has 1 amide bonds. The average Bonchev–Trinajstić information content (AvgIpc) is 2.61. The van der Waals surface area contributed by atoms with E-state index in [1.54, 1.807) is 18.3 Å². The fourth-order valence-corrected chi connectivity index (χ4v) is 2.45. The molecule has 0 spiro atoms. The first kappa shape index (κ1) is 16.9. The number of nitrogens with zero attached hydrogens (tertiary/aromatic N) is 1. The second kappa shape index (κ2) is 7.77. The topological polar surface area (TPSA) is 54.0 Å². The second-order valence-electron chi connectivity index (χ2n) is 5.38. The van der Waals surface area contributed by atoms with Crippen molar-refractivity contribution in [3.8, 4) is 0 Å². The molecule has 0 fully saturated rings. The van der Waals surface area contributed by atoms with Crippen LogP contribution in [0.15, 0.2) is 66.9 Å². The third kappa shape index (κ3) is 4.78. The van der Waals surface area contributed by atoms with Crippen molar-refractivity contribution in [3.05, 3.63) is 89.0 Å². The smallest absolute Gasteiger partial charge is 0.255 e. The molecule has 0 aliphatic heterocycles. The van der Waals surface area contributed by atoms with Gasteiger partial charge in [0.15, 0.2) is 0 Å². The molecule has 4 nitrogen and oxygen atoms in total. The van der Waals surface area contributed by atoms with Gasteiger partial charge in [-0.05, 0) is 54.1 Å². The highest BCUT2D eigenvalue weighted by Gasteiger charge is 2.06. The van der Waals surface area contributed by atoms with Gasteiger partial charge in [0, 0.05) is 29.7 Å². The SMILES string of the molecule is O=C(Nc1cccc(CNc2ccnc(Cl)c2)c1)c1ccc(F)cc1. The Labute approximate surface area is 149 Å². The maximum Gasteiger partial charge on any atom is 0.255 e. The molecule has 0 aliphatic carbocycles. The van der Waals surface area contributed by atoms with E-state index in [0.717, 1.165) is 11.3 Å². The Morgan fingerprint density at radius 3 is 2.60 bits per heavy atom. The highest BCUT2D eigenvalue weighted by molar-refractivity contribution is 6.29. The number of pyridine rings is 1. The maximum atomic E-state index is 12.9. The minimum absolute atomic E-state index is 0.286. The summed E-state index contributed by atoms with van der Waals surface area (Å²) in [6.07, 6.45) is 1.63. The first-order valence-corrected chi connectivity index (χ1v) is 7.99. The van der Waals surface area contributed by atoms with Crippen molar-refractivity contribution in [1.29, 1.82) is 0 Å². The number of rotatable bonds is 5. The van der Waals surface area contributed by atoms with Gasteiger partial charge in [0.05, 0.1) is 0 Å². The summed E-state index contributed by atoms with van der Waals surface area (Å²) < 4.78 is 12.9. The van der Waals surface area contributed by atoms with E-state index in [0.29, 0.717) is 22.9 Å². The number of hydrogen-bond donors (Lipinski definition) is 2. The van der Waals surface area contributed by atoms with E-state index in [9.17, 15) is 9.18 Å². The van der Waals surface area contributed by atoms with Gasteiger partial charge in [0.2, 0.25) is 0 Å². The number of nitrogens with one attached hydrogen (secondary N) is 2. The van der Waals surface area contributed by atoms with E-state index >= 15 is 0 Å². The molecule has 0 bridgehead atoms. The zero-order valence-electron chi connectivity index (χ0n) is 13.2. The molecule has 0 unspecified atom stereocenters. The van der Waals surface area contributed by atoms with E-state index in [1.165, 1.54) is 24.3 Å². The lowest BCUT2D eigenvalue weighted by Crippen LogP contribution is -2.12. The minimum Gasteiger partial charge on any atom is -0.381 e. The Balaban J connectivity index is 1.64. The summed E-state index contributed by atoms with van der Waals surface area (Å²) in [7, 11) is 0. The molecule has 3 rings (SSSR count). The fourth-order valence-electron chi connectivity index (χ4n) is 2.28. The van der Waals surface area contributed by atoms with Crippen LogP contribution in [0.25, 0.3) is 0 Å². The molecule has 1 heterocycles. The summed E-state index contributed by atoms with van der Waals surface area (Å²) in [5.74, 6) is -0.660. The lowest BCUT2D eigenvalue weighted by atomic mass is 10.1. The van der Waals surface area contributed by atoms with Crippen LogP contribution < -0.4 is 10.6 Å². The monoisotopic (exact) mass is 355 g/mol. The van der Waals surface area contributed by atoms with Crippen molar-refractivity contribution < 1.29 is 9.18 Å². The Hall–Kier alpha value is -2.92. The summed E-state index contributed by atoms with van der Waals surface area (Å²) in [5, 5.41) is 6.47. The molecular formula is C19H15ClFN3O. The van der Waals surface area contributed by atoms with Gasteiger partial charge in [-0.1, -0.05) is 23.7 Å².